The van der Waals surface area contributed by atoms with Gasteiger partial charge in [-0.1, -0.05) is 59.8 Å². The van der Waals surface area contributed by atoms with Gasteiger partial charge in [0.05, 0.1) is 4.91 Å². The lowest BCUT2D eigenvalue weighted by atomic mass is 10.2. The number of aromatic nitrogens is 2. The Hall–Kier alpha value is -3.23. The third kappa shape index (κ3) is 4.81. The quantitative estimate of drug-likeness (QED) is 0.529. The van der Waals surface area contributed by atoms with E-state index in [1.807, 2.05) is 48.2 Å². The summed E-state index contributed by atoms with van der Waals surface area (Å²) in [7, 11) is 0. The number of halogens is 1. The fourth-order valence-electron chi connectivity index (χ4n) is 3.37. The summed E-state index contributed by atoms with van der Waals surface area (Å²) in [5.41, 5.74) is 7.47. The van der Waals surface area contributed by atoms with E-state index < -0.39 is 11.4 Å². The van der Waals surface area contributed by atoms with E-state index in [0.717, 1.165) is 11.1 Å². The van der Waals surface area contributed by atoms with Crippen LogP contribution in [0.2, 0.25) is 5.15 Å². The van der Waals surface area contributed by atoms with Gasteiger partial charge in [0.15, 0.2) is 5.50 Å². The Morgan fingerprint density at radius 3 is 2.62 bits per heavy atom. The molecule has 1 aromatic carbocycles. The number of carbonyl (C=O) groups is 1. The molecule has 1 aliphatic rings. The van der Waals surface area contributed by atoms with Gasteiger partial charge in [0.2, 0.25) is 0 Å². The second-order valence-corrected chi connectivity index (χ2v) is 8.68. The molecule has 3 aromatic rings. The molecule has 164 valence electrons. The predicted octanol–water partition coefficient (Wildman–Crippen LogP) is 3.90. The monoisotopic (exact) mass is 468 g/mol. The lowest BCUT2D eigenvalue weighted by Crippen LogP contribution is -2.32. The second-order valence-electron chi connectivity index (χ2n) is 7.22. The van der Waals surface area contributed by atoms with Crippen LogP contribution in [0, 0.1) is 0 Å². The largest absolute Gasteiger partial charge is 0.489 e. The highest BCUT2D eigenvalue weighted by Gasteiger charge is 2.34. The lowest BCUT2D eigenvalue weighted by Gasteiger charge is -2.29. The van der Waals surface area contributed by atoms with Crippen molar-refractivity contribution in [3.63, 3.8) is 0 Å². The number of primary amides is 1. The van der Waals surface area contributed by atoms with Crippen molar-refractivity contribution in [3.05, 3.63) is 104 Å². The zero-order valence-corrected chi connectivity index (χ0v) is 18.8. The summed E-state index contributed by atoms with van der Waals surface area (Å²) < 4.78 is 7.32. The maximum Gasteiger partial charge on any atom is 0.257 e. The number of pyridine rings is 2. The van der Waals surface area contributed by atoms with Gasteiger partial charge >= 0.3 is 0 Å². The number of ether oxygens (including phenoxy) is 1. The highest BCUT2D eigenvalue weighted by Crippen LogP contribution is 2.44. The second kappa shape index (κ2) is 9.50. The Morgan fingerprint density at radius 2 is 1.97 bits per heavy atom. The van der Waals surface area contributed by atoms with E-state index in [2.05, 4.69) is 4.98 Å². The van der Waals surface area contributed by atoms with Crippen molar-refractivity contribution in [1.29, 1.82) is 0 Å². The summed E-state index contributed by atoms with van der Waals surface area (Å²) in [5.74, 6) is -0.0450. The number of nitrogens with two attached hydrogens (primary N) is 1. The molecule has 9 heteroatoms. The van der Waals surface area contributed by atoms with E-state index in [-0.39, 0.29) is 5.56 Å². The van der Waals surface area contributed by atoms with Crippen molar-refractivity contribution in [2.24, 2.45) is 5.73 Å². The molecule has 1 aliphatic heterocycles. The van der Waals surface area contributed by atoms with Crippen LogP contribution in [0.15, 0.2) is 82.4 Å². The van der Waals surface area contributed by atoms with Crippen LogP contribution in [-0.2, 0) is 17.9 Å². The van der Waals surface area contributed by atoms with Crippen molar-refractivity contribution in [2.75, 3.05) is 0 Å². The van der Waals surface area contributed by atoms with E-state index in [4.69, 9.17) is 22.1 Å². The minimum Gasteiger partial charge on any atom is -0.489 e. The van der Waals surface area contributed by atoms with Crippen LogP contribution in [0.25, 0.3) is 0 Å². The zero-order chi connectivity index (χ0) is 22.7. The zero-order valence-electron chi connectivity index (χ0n) is 17.3. The number of hydrogen-bond acceptors (Lipinski definition) is 6. The molecule has 32 heavy (non-hydrogen) atoms. The minimum atomic E-state index is -0.523. The molecule has 1 amide bonds. The number of hydrogen-bond donors (Lipinski definition) is 1. The van der Waals surface area contributed by atoms with Gasteiger partial charge in [-0.2, -0.15) is 0 Å². The van der Waals surface area contributed by atoms with Crippen molar-refractivity contribution in [1.82, 2.24) is 14.5 Å². The van der Waals surface area contributed by atoms with E-state index in [1.165, 1.54) is 17.8 Å². The molecule has 0 aliphatic carbocycles. The standard InChI is InChI=1S/C23H21ClN4O3S/c1-15-21(22(25)30)32-23(28(15)13-17-7-8-19(24)26-12-17)27-10-9-18(11-20(27)29)31-14-16-5-3-2-4-6-16/h2-12,23H,13-14H2,1H3,(H2,25,30). The average Bonchev–Trinajstić information content (AvgIpc) is 3.11. The third-order valence-corrected chi connectivity index (χ3v) is 6.67. The SMILES string of the molecule is CC1=C(C(N)=O)SC(n2ccc(OCc3ccccc3)cc2=O)N1Cc1ccc(Cl)nc1. The Labute approximate surface area is 194 Å². The number of allylic oxidation sites excluding steroid dienone is 1. The topological polar surface area (TPSA) is 90.4 Å². The van der Waals surface area contributed by atoms with Gasteiger partial charge in [0.25, 0.3) is 11.5 Å². The molecule has 7 nitrogen and oxygen atoms in total. The molecule has 2 aromatic heterocycles. The Kier molecular flexibility index (Phi) is 6.53. The van der Waals surface area contributed by atoms with E-state index in [9.17, 15) is 9.59 Å². The maximum atomic E-state index is 12.9. The van der Waals surface area contributed by atoms with Crippen LogP contribution in [-0.4, -0.2) is 20.4 Å². The van der Waals surface area contributed by atoms with Crippen LogP contribution in [0.3, 0.4) is 0 Å². The van der Waals surface area contributed by atoms with Gasteiger partial charge in [0, 0.05) is 30.7 Å². The summed E-state index contributed by atoms with van der Waals surface area (Å²) in [6.07, 6.45) is 3.34. The van der Waals surface area contributed by atoms with E-state index >= 15 is 0 Å². The van der Waals surface area contributed by atoms with Gasteiger partial charge in [0.1, 0.15) is 17.5 Å². The van der Waals surface area contributed by atoms with Crippen molar-refractivity contribution in [3.8, 4) is 5.75 Å². The summed E-state index contributed by atoms with van der Waals surface area (Å²) in [4.78, 5) is 31.4. The van der Waals surface area contributed by atoms with Gasteiger partial charge in [-0.15, -0.1) is 0 Å². The number of carbonyl (C=O) groups excluding carboxylic acids is 1. The van der Waals surface area contributed by atoms with Gasteiger partial charge < -0.3 is 15.4 Å². The molecule has 0 bridgehead atoms. The first-order chi connectivity index (χ1) is 15.4. The summed E-state index contributed by atoms with van der Waals surface area (Å²) in [6, 6.07) is 16.5. The molecule has 0 fully saturated rings. The summed E-state index contributed by atoms with van der Waals surface area (Å²) >= 11 is 7.14. The Bertz CT molecular complexity index is 1210. The molecule has 4 rings (SSSR count). The number of benzene rings is 1. The molecule has 0 spiro atoms. The molecule has 0 radical (unpaired) electrons. The number of thioether (sulfide) groups is 1. The highest BCUT2D eigenvalue weighted by molar-refractivity contribution is 8.04. The van der Waals surface area contributed by atoms with Crippen molar-refractivity contribution in [2.45, 2.75) is 25.6 Å². The van der Waals surface area contributed by atoms with Crippen LogP contribution in [0.4, 0.5) is 0 Å². The fourth-order valence-corrected chi connectivity index (χ4v) is 4.75. The van der Waals surface area contributed by atoms with Gasteiger partial charge in [-0.05, 0) is 30.2 Å². The summed E-state index contributed by atoms with van der Waals surface area (Å²) in [5, 5.41) is 0.397. The first kappa shape index (κ1) is 22.0. The van der Waals surface area contributed by atoms with Crippen LogP contribution < -0.4 is 16.0 Å². The molecule has 1 atom stereocenters. The predicted molar refractivity (Wildman–Crippen MR) is 125 cm³/mol. The Morgan fingerprint density at radius 1 is 1.19 bits per heavy atom. The fraction of sp³-hybridized carbons (Fsp3) is 0.174. The van der Waals surface area contributed by atoms with Gasteiger partial charge in [-0.25, -0.2) is 4.98 Å². The summed E-state index contributed by atoms with van der Waals surface area (Å²) in [6.45, 7) is 2.62. The average molecular weight is 469 g/mol. The maximum absolute atomic E-state index is 12.9. The molecule has 0 saturated heterocycles. The van der Waals surface area contributed by atoms with Gasteiger partial charge in [-0.3, -0.25) is 14.2 Å². The molecule has 1 unspecified atom stereocenters. The first-order valence-corrected chi connectivity index (χ1v) is 11.1. The van der Waals surface area contributed by atoms with E-state index in [1.54, 1.807) is 29.1 Å². The molecular formula is C23H21ClN4O3S. The highest BCUT2D eigenvalue weighted by atomic mass is 35.5. The molecular weight excluding hydrogens is 448 g/mol. The third-order valence-electron chi connectivity index (χ3n) is 5.02. The smallest absolute Gasteiger partial charge is 0.257 e. The number of amides is 1. The van der Waals surface area contributed by atoms with Crippen molar-refractivity contribution >= 4 is 29.3 Å². The molecule has 0 saturated carbocycles. The van der Waals surface area contributed by atoms with Crippen LogP contribution >= 0.6 is 23.4 Å². The van der Waals surface area contributed by atoms with Crippen molar-refractivity contribution < 1.29 is 9.53 Å². The molecule has 3 heterocycles. The lowest BCUT2D eigenvalue weighted by molar-refractivity contribution is -0.114. The Balaban J connectivity index is 1.58. The number of rotatable bonds is 7. The minimum absolute atomic E-state index is 0.245. The number of nitrogens with zero attached hydrogens (tertiary/aromatic N) is 3. The van der Waals surface area contributed by atoms with Crippen LogP contribution in [0.1, 0.15) is 23.5 Å². The normalized spacial score (nSPS) is 15.8. The van der Waals surface area contributed by atoms with E-state index in [0.29, 0.717) is 34.7 Å². The first-order valence-electron chi connectivity index (χ1n) is 9.85. The molecule has 2 N–H and O–H groups in total. The van der Waals surface area contributed by atoms with Crippen LogP contribution in [0.5, 0.6) is 5.75 Å².